The maximum Gasteiger partial charge on any atom is 0.270 e. The van der Waals surface area contributed by atoms with Crippen LogP contribution in [-0.4, -0.2) is 37.8 Å². The van der Waals surface area contributed by atoms with Crippen molar-refractivity contribution in [2.45, 2.75) is 32.2 Å². The lowest BCUT2D eigenvalue weighted by Gasteiger charge is -2.20. The first-order valence-electron chi connectivity index (χ1n) is 8.90. The van der Waals surface area contributed by atoms with E-state index in [1.54, 1.807) is 38.1 Å². The number of nitro benzene ring substituents is 1. The van der Waals surface area contributed by atoms with Crippen molar-refractivity contribution in [1.29, 1.82) is 0 Å². The molecule has 28 heavy (non-hydrogen) atoms. The number of hydrogen-bond acceptors (Lipinski definition) is 6. The average molecular weight is 407 g/mol. The molecule has 0 aliphatic heterocycles. The zero-order valence-electron chi connectivity index (χ0n) is 16.4. The molecule has 0 unspecified atom stereocenters. The third-order valence-corrected chi connectivity index (χ3v) is 6.54. The van der Waals surface area contributed by atoms with Gasteiger partial charge in [-0.15, -0.1) is 0 Å². The van der Waals surface area contributed by atoms with Gasteiger partial charge >= 0.3 is 0 Å². The third kappa shape index (κ3) is 4.60. The lowest BCUT2D eigenvalue weighted by Crippen LogP contribution is -2.30. The van der Waals surface area contributed by atoms with Crippen LogP contribution in [0.2, 0.25) is 0 Å². The molecule has 0 aromatic heterocycles. The van der Waals surface area contributed by atoms with Gasteiger partial charge in [-0.1, -0.05) is 19.9 Å². The van der Waals surface area contributed by atoms with Crippen molar-refractivity contribution in [3.63, 3.8) is 0 Å². The number of nitrogens with one attached hydrogen (secondary N) is 1. The van der Waals surface area contributed by atoms with Crippen LogP contribution in [0.15, 0.2) is 41.3 Å². The number of hydrogen-bond donors (Lipinski definition) is 1. The summed E-state index contributed by atoms with van der Waals surface area (Å²) >= 11 is 0. The van der Waals surface area contributed by atoms with Crippen LogP contribution in [0.5, 0.6) is 5.75 Å². The highest BCUT2D eigenvalue weighted by Crippen LogP contribution is 2.27. The number of methoxy groups -OCH3 is 1. The highest BCUT2D eigenvalue weighted by Gasteiger charge is 2.22. The molecule has 0 spiro atoms. The quantitative estimate of drug-likeness (QED) is 0.504. The predicted molar refractivity (Wildman–Crippen MR) is 108 cm³/mol. The van der Waals surface area contributed by atoms with E-state index in [2.05, 4.69) is 5.32 Å². The normalized spacial score (nSPS) is 11.5. The van der Waals surface area contributed by atoms with Crippen LogP contribution in [0.4, 0.5) is 11.4 Å². The maximum absolute atomic E-state index is 12.8. The molecule has 0 fully saturated rings. The van der Waals surface area contributed by atoms with Crippen LogP contribution in [-0.2, 0) is 16.6 Å². The highest BCUT2D eigenvalue weighted by molar-refractivity contribution is 7.89. The van der Waals surface area contributed by atoms with Crippen LogP contribution in [0.25, 0.3) is 0 Å². The van der Waals surface area contributed by atoms with Gasteiger partial charge in [-0.25, -0.2) is 8.42 Å². The van der Waals surface area contributed by atoms with Gasteiger partial charge in [-0.2, -0.15) is 4.31 Å². The van der Waals surface area contributed by atoms with Crippen molar-refractivity contribution in [3.05, 3.63) is 57.6 Å². The van der Waals surface area contributed by atoms with Crippen LogP contribution in [0.3, 0.4) is 0 Å². The van der Waals surface area contributed by atoms with Gasteiger partial charge in [-0.05, 0) is 30.7 Å². The van der Waals surface area contributed by atoms with E-state index in [4.69, 9.17) is 4.74 Å². The molecule has 0 aliphatic carbocycles. The summed E-state index contributed by atoms with van der Waals surface area (Å²) in [6.07, 6.45) is 0. The summed E-state index contributed by atoms with van der Waals surface area (Å²) in [6, 6.07) is 9.28. The molecule has 0 bridgehead atoms. The summed E-state index contributed by atoms with van der Waals surface area (Å²) in [4.78, 5) is 10.8. The average Bonchev–Trinajstić information content (AvgIpc) is 2.67. The molecule has 0 amide bonds. The topological polar surface area (TPSA) is 102 Å². The first-order valence-corrected chi connectivity index (χ1v) is 10.3. The van der Waals surface area contributed by atoms with Gasteiger partial charge in [0.1, 0.15) is 5.75 Å². The summed E-state index contributed by atoms with van der Waals surface area (Å²) in [6.45, 7) is 6.48. The number of benzene rings is 2. The fraction of sp³-hybridized carbons (Fsp3) is 0.368. The van der Waals surface area contributed by atoms with E-state index in [1.807, 2.05) is 6.92 Å². The Morgan fingerprint density at radius 2 is 1.82 bits per heavy atom. The molecule has 8 nitrogen and oxygen atoms in total. The maximum atomic E-state index is 12.8. The monoisotopic (exact) mass is 407 g/mol. The molecule has 152 valence electrons. The molecule has 0 saturated heterocycles. The lowest BCUT2D eigenvalue weighted by atomic mass is 10.1. The Morgan fingerprint density at radius 1 is 1.14 bits per heavy atom. The smallest absolute Gasteiger partial charge is 0.270 e. The highest BCUT2D eigenvalue weighted by atomic mass is 32.2. The van der Waals surface area contributed by atoms with E-state index in [9.17, 15) is 18.5 Å². The first-order chi connectivity index (χ1) is 13.2. The van der Waals surface area contributed by atoms with E-state index < -0.39 is 14.9 Å². The third-order valence-electron chi connectivity index (χ3n) is 4.50. The van der Waals surface area contributed by atoms with Gasteiger partial charge in [0.15, 0.2) is 0 Å². The van der Waals surface area contributed by atoms with Crippen molar-refractivity contribution in [3.8, 4) is 5.75 Å². The SMILES string of the molecule is CCN(CC)S(=O)(=O)c1ccc(C)c(NCc2cc([N+](=O)[O-])ccc2OC)c1. The number of aryl methyl sites for hydroxylation is 1. The fourth-order valence-electron chi connectivity index (χ4n) is 2.87. The second kappa shape index (κ2) is 9.03. The fourth-order valence-corrected chi connectivity index (χ4v) is 4.36. The predicted octanol–water partition coefficient (Wildman–Crippen LogP) is 3.55. The minimum absolute atomic E-state index is 0.0350. The number of nitro groups is 1. The van der Waals surface area contributed by atoms with Crippen molar-refractivity contribution >= 4 is 21.4 Å². The summed E-state index contributed by atoms with van der Waals surface area (Å²) in [5, 5.41) is 14.2. The Kier molecular flexibility index (Phi) is 6.98. The van der Waals surface area contributed by atoms with E-state index in [1.165, 1.54) is 23.5 Å². The number of nitrogens with zero attached hydrogens (tertiary/aromatic N) is 2. The largest absolute Gasteiger partial charge is 0.496 e. The van der Waals surface area contributed by atoms with Crippen LogP contribution in [0.1, 0.15) is 25.0 Å². The zero-order chi connectivity index (χ0) is 20.9. The van der Waals surface area contributed by atoms with Gasteiger partial charge in [-0.3, -0.25) is 10.1 Å². The molecule has 1 N–H and O–H groups in total. The lowest BCUT2D eigenvalue weighted by molar-refractivity contribution is -0.384. The zero-order valence-corrected chi connectivity index (χ0v) is 17.2. The number of non-ortho nitro benzene ring substituents is 1. The number of sulfonamides is 1. The van der Waals surface area contributed by atoms with Gasteiger partial charge in [0.05, 0.1) is 16.9 Å². The van der Waals surface area contributed by atoms with Gasteiger partial charge in [0, 0.05) is 43.0 Å². The second-order valence-corrected chi connectivity index (χ2v) is 8.11. The molecule has 2 aromatic carbocycles. The molecular formula is C19H25N3O5S. The van der Waals surface area contributed by atoms with E-state index in [0.29, 0.717) is 30.1 Å². The molecule has 0 aliphatic rings. The number of ether oxygens (including phenoxy) is 1. The summed E-state index contributed by atoms with van der Waals surface area (Å²) < 4.78 is 32.2. The molecule has 2 aromatic rings. The second-order valence-electron chi connectivity index (χ2n) is 6.17. The summed E-state index contributed by atoms with van der Waals surface area (Å²) in [5.41, 5.74) is 2.07. The minimum Gasteiger partial charge on any atom is -0.496 e. The standard InChI is InChI=1S/C19H25N3O5S/c1-5-21(6-2)28(25,26)17-9-7-14(3)18(12-17)20-13-15-11-16(22(23)24)8-10-19(15)27-4/h7-12,20H,5-6,13H2,1-4H3. The molecule has 2 rings (SSSR count). The van der Waals surface area contributed by atoms with E-state index in [0.717, 1.165) is 5.56 Å². The molecule has 0 saturated carbocycles. The Balaban J connectivity index is 2.33. The molecular weight excluding hydrogens is 382 g/mol. The number of rotatable bonds is 9. The Hall–Kier alpha value is -2.65. The van der Waals surface area contributed by atoms with E-state index >= 15 is 0 Å². The van der Waals surface area contributed by atoms with Gasteiger partial charge in [0.25, 0.3) is 5.69 Å². The Morgan fingerprint density at radius 3 is 2.39 bits per heavy atom. The molecule has 0 atom stereocenters. The first kappa shape index (κ1) is 21.6. The van der Waals surface area contributed by atoms with Crippen LogP contribution < -0.4 is 10.1 Å². The molecule has 0 radical (unpaired) electrons. The van der Waals surface area contributed by atoms with Gasteiger partial charge < -0.3 is 10.1 Å². The molecule has 9 heteroatoms. The summed E-state index contributed by atoms with van der Waals surface area (Å²) in [5.74, 6) is 0.516. The van der Waals surface area contributed by atoms with Crippen LogP contribution >= 0.6 is 0 Å². The summed E-state index contributed by atoms with van der Waals surface area (Å²) in [7, 11) is -2.08. The Labute approximate surface area is 165 Å². The minimum atomic E-state index is -3.57. The Bertz CT molecular complexity index is 956. The van der Waals surface area contributed by atoms with Crippen molar-refractivity contribution in [2.75, 3.05) is 25.5 Å². The number of anilines is 1. The van der Waals surface area contributed by atoms with E-state index in [-0.39, 0.29) is 17.1 Å². The van der Waals surface area contributed by atoms with Gasteiger partial charge in [0.2, 0.25) is 10.0 Å². The van der Waals surface area contributed by atoms with Crippen molar-refractivity contribution < 1.29 is 18.1 Å². The van der Waals surface area contributed by atoms with Crippen LogP contribution in [0, 0.1) is 17.0 Å². The van der Waals surface area contributed by atoms with Crippen molar-refractivity contribution in [1.82, 2.24) is 4.31 Å². The molecule has 0 heterocycles. The van der Waals surface area contributed by atoms with Crippen molar-refractivity contribution in [2.24, 2.45) is 0 Å².